The summed E-state index contributed by atoms with van der Waals surface area (Å²) in [7, 11) is 1.44. The van der Waals surface area contributed by atoms with Crippen LogP contribution in [0.15, 0.2) is 47.8 Å². The van der Waals surface area contributed by atoms with E-state index in [0.29, 0.717) is 33.2 Å². The van der Waals surface area contributed by atoms with Gasteiger partial charge in [0.25, 0.3) is 5.69 Å². The standard InChI is InChI=1S/C19H13N3O4S/c1-26-18-8-12(5-6-17(18)23)7-14(10-20)19-21-16(11-27-19)13-3-2-4-15(9-13)22(24)25/h2-9,11,23H,1H3. The third kappa shape index (κ3) is 3.94. The van der Waals surface area contributed by atoms with Crippen LogP contribution in [0.5, 0.6) is 11.5 Å². The van der Waals surface area contributed by atoms with Crippen molar-refractivity contribution in [3.8, 4) is 28.8 Å². The number of ether oxygens (including phenoxy) is 1. The highest BCUT2D eigenvalue weighted by Crippen LogP contribution is 2.31. The lowest BCUT2D eigenvalue weighted by molar-refractivity contribution is -0.384. The van der Waals surface area contributed by atoms with Crippen LogP contribution in [-0.4, -0.2) is 22.1 Å². The number of nitro groups is 1. The van der Waals surface area contributed by atoms with Gasteiger partial charge in [-0.2, -0.15) is 5.26 Å². The minimum absolute atomic E-state index is 0.00960. The summed E-state index contributed by atoms with van der Waals surface area (Å²) in [6.07, 6.45) is 1.64. The molecule has 2 aromatic carbocycles. The summed E-state index contributed by atoms with van der Waals surface area (Å²) in [5.74, 6) is 0.313. The number of phenols is 1. The molecule has 1 N–H and O–H groups in total. The van der Waals surface area contributed by atoms with Crippen LogP contribution in [0.1, 0.15) is 10.6 Å². The van der Waals surface area contributed by atoms with Crippen LogP contribution in [0.3, 0.4) is 0 Å². The lowest BCUT2D eigenvalue weighted by atomic mass is 10.1. The largest absolute Gasteiger partial charge is 0.504 e. The number of allylic oxidation sites excluding steroid dienone is 1. The number of methoxy groups -OCH3 is 1. The van der Waals surface area contributed by atoms with Gasteiger partial charge in [-0.25, -0.2) is 4.98 Å². The fraction of sp³-hybridized carbons (Fsp3) is 0.0526. The van der Waals surface area contributed by atoms with Crippen molar-refractivity contribution in [2.75, 3.05) is 7.11 Å². The molecule has 134 valence electrons. The average Bonchev–Trinajstić information content (AvgIpc) is 3.17. The first-order valence-electron chi connectivity index (χ1n) is 7.71. The van der Waals surface area contributed by atoms with E-state index in [1.807, 2.05) is 0 Å². The molecule has 0 aliphatic rings. The summed E-state index contributed by atoms with van der Waals surface area (Å²) < 4.78 is 5.07. The number of hydrogen-bond acceptors (Lipinski definition) is 7. The second-order valence-corrected chi connectivity index (χ2v) is 6.30. The molecule has 0 spiro atoms. The molecule has 0 saturated heterocycles. The second kappa shape index (κ2) is 7.68. The quantitative estimate of drug-likeness (QED) is 0.397. The maximum absolute atomic E-state index is 10.9. The number of thiazole rings is 1. The van der Waals surface area contributed by atoms with E-state index in [-0.39, 0.29) is 11.4 Å². The first-order valence-corrected chi connectivity index (χ1v) is 8.59. The van der Waals surface area contributed by atoms with Crippen molar-refractivity contribution >= 4 is 28.7 Å². The molecule has 3 rings (SSSR count). The summed E-state index contributed by atoms with van der Waals surface area (Å²) in [6.45, 7) is 0. The lowest BCUT2D eigenvalue weighted by Gasteiger charge is -2.04. The average molecular weight is 379 g/mol. The van der Waals surface area contributed by atoms with Crippen LogP contribution in [0.2, 0.25) is 0 Å². The van der Waals surface area contributed by atoms with Gasteiger partial charge in [0.05, 0.1) is 23.3 Å². The number of rotatable bonds is 5. The third-order valence-electron chi connectivity index (χ3n) is 3.72. The van der Waals surface area contributed by atoms with E-state index in [2.05, 4.69) is 11.1 Å². The van der Waals surface area contributed by atoms with Gasteiger partial charge in [-0.3, -0.25) is 10.1 Å². The molecule has 0 atom stereocenters. The number of nitriles is 1. The molecule has 0 saturated carbocycles. The zero-order chi connectivity index (χ0) is 19.4. The van der Waals surface area contributed by atoms with Crippen molar-refractivity contribution in [3.63, 3.8) is 0 Å². The molecule has 1 aromatic heterocycles. The van der Waals surface area contributed by atoms with Crippen molar-refractivity contribution in [2.24, 2.45) is 0 Å². The number of non-ortho nitro benzene ring substituents is 1. The predicted molar refractivity (Wildman–Crippen MR) is 102 cm³/mol. The van der Waals surface area contributed by atoms with Gasteiger partial charge in [-0.05, 0) is 23.8 Å². The van der Waals surface area contributed by atoms with Crippen LogP contribution in [0.25, 0.3) is 22.9 Å². The summed E-state index contributed by atoms with van der Waals surface area (Å²) in [6, 6.07) is 13.0. The summed E-state index contributed by atoms with van der Waals surface area (Å²) >= 11 is 1.27. The summed E-state index contributed by atoms with van der Waals surface area (Å²) in [5, 5.41) is 32.3. The Hall–Kier alpha value is -3.70. The highest BCUT2D eigenvalue weighted by molar-refractivity contribution is 7.11. The number of phenolic OH excluding ortho intramolecular Hbond substituents is 1. The SMILES string of the molecule is COc1cc(C=C(C#N)c2nc(-c3cccc([N+](=O)[O-])c3)cs2)ccc1O. The Labute approximate surface area is 158 Å². The third-order valence-corrected chi connectivity index (χ3v) is 4.60. The number of aromatic hydroxyl groups is 1. The molecule has 0 amide bonds. The minimum Gasteiger partial charge on any atom is -0.504 e. The van der Waals surface area contributed by atoms with E-state index >= 15 is 0 Å². The van der Waals surface area contributed by atoms with Crippen molar-refractivity contribution in [1.29, 1.82) is 5.26 Å². The zero-order valence-corrected chi connectivity index (χ0v) is 14.9. The normalized spacial score (nSPS) is 11.0. The number of aromatic nitrogens is 1. The van der Waals surface area contributed by atoms with Crippen molar-refractivity contribution in [2.45, 2.75) is 0 Å². The molecule has 3 aromatic rings. The van der Waals surface area contributed by atoms with E-state index in [1.54, 1.807) is 35.7 Å². The molecule has 0 fully saturated rings. The molecule has 0 unspecified atom stereocenters. The van der Waals surface area contributed by atoms with Gasteiger partial charge in [-0.1, -0.05) is 18.2 Å². The Balaban J connectivity index is 1.95. The molecular formula is C19H13N3O4S. The molecule has 0 aliphatic carbocycles. The second-order valence-electron chi connectivity index (χ2n) is 5.45. The molecule has 27 heavy (non-hydrogen) atoms. The number of nitrogens with zero attached hydrogens (tertiary/aromatic N) is 3. The maximum Gasteiger partial charge on any atom is 0.270 e. The van der Waals surface area contributed by atoms with Gasteiger partial charge in [0.15, 0.2) is 11.5 Å². The zero-order valence-electron chi connectivity index (χ0n) is 14.1. The van der Waals surface area contributed by atoms with Crippen LogP contribution in [0.4, 0.5) is 5.69 Å². The van der Waals surface area contributed by atoms with Crippen LogP contribution >= 0.6 is 11.3 Å². The van der Waals surface area contributed by atoms with Gasteiger partial charge >= 0.3 is 0 Å². The Bertz CT molecular complexity index is 1080. The smallest absolute Gasteiger partial charge is 0.270 e. The molecule has 8 heteroatoms. The number of benzene rings is 2. The van der Waals surface area contributed by atoms with Gasteiger partial charge in [0.2, 0.25) is 0 Å². The van der Waals surface area contributed by atoms with E-state index < -0.39 is 4.92 Å². The minimum atomic E-state index is -0.463. The molecule has 0 bridgehead atoms. The highest BCUT2D eigenvalue weighted by atomic mass is 32.1. The highest BCUT2D eigenvalue weighted by Gasteiger charge is 2.12. The maximum atomic E-state index is 10.9. The Kier molecular flexibility index (Phi) is 5.15. The van der Waals surface area contributed by atoms with Crippen molar-refractivity contribution in [3.05, 3.63) is 68.5 Å². The molecule has 0 radical (unpaired) electrons. The van der Waals surface area contributed by atoms with E-state index in [1.165, 1.54) is 36.6 Å². The van der Waals surface area contributed by atoms with E-state index in [4.69, 9.17) is 4.74 Å². The van der Waals surface area contributed by atoms with E-state index in [9.17, 15) is 20.5 Å². The molecule has 1 heterocycles. The molecular weight excluding hydrogens is 366 g/mol. The number of hydrogen-bond donors (Lipinski definition) is 1. The molecule has 7 nitrogen and oxygen atoms in total. The predicted octanol–water partition coefficient (Wildman–Crippen LogP) is 4.50. The fourth-order valence-corrected chi connectivity index (χ4v) is 3.20. The van der Waals surface area contributed by atoms with E-state index in [0.717, 1.165) is 0 Å². The van der Waals surface area contributed by atoms with Gasteiger partial charge in [-0.15, -0.1) is 11.3 Å². The van der Waals surface area contributed by atoms with Crippen molar-refractivity contribution in [1.82, 2.24) is 4.98 Å². The van der Waals surface area contributed by atoms with Gasteiger partial charge in [0.1, 0.15) is 11.1 Å². The summed E-state index contributed by atoms with van der Waals surface area (Å²) in [5.41, 5.74) is 2.16. The Morgan fingerprint density at radius 1 is 1.37 bits per heavy atom. The van der Waals surface area contributed by atoms with Gasteiger partial charge in [0, 0.05) is 23.1 Å². The van der Waals surface area contributed by atoms with Crippen LogP contribution in [0, 0.1) is 21.4 Å². The lowest BCUT2D eigenvalue weighted by Crippen LogP contribution is -1.88. The Morgan fingerprint density at radius 2 is 2.19 bits per heavy atom. The monoisotopic (exact) mass is 379 g/mol. The fourth-order valence-electron chi connectivity index (χ4n) is 2.40. The van der Waals surface area contributed by atoms with Crippen LogP contribution in [-0.2, 0) is 0 Å². The van der Waals surface area contributed by atoms with Crippen LogP contribution < -0.4 is 4.74 Å². The first kappa shape index (κ1) is 18.1. The molecule has 0 aliphatic heterocycles. The topological polar surface area (TPSA) is 109 Å². The first-order chi connectivity index (χ1) is 13.0. The number of nitro benzene ring substituents is 1. The van der Waals surface area contributed by atoms with Crippen molar-refractivity contribution < 1.29 is 14.8 Å². The van der Waals surface area contributed by atoms with Gasteiger partial charge < -0.3 is 9.84 Å². The Morgan fingerprint density at radius 3 is 2.89 bits per heavy atom. The summed E-state index contributed by atoms with van der Waals surface area (Å²) in [4.78, 5) is 14.9.